The Morgan fingerprint density at radius 3 is 2.88 bits per heavy atom. The molecule has 10 nitrogen and oxygen atoms in total. The molecule has 10 heteroatoms. The third kappa shape index (κ3) is 2.90. The van der Waals surface area contributed by atoms with Crippen molar-refractivity contribution in [3.63, 3.8) is 0 Å². The van der Waals surface area contributed by atoms with Gasteiger partial charge in [-0.05, 0) is 25.0 Å². The highest BCUT2D eigenvalue weighted by atomic mass is 16.7. The molecule has 0 aliphatic carbocycles. The molecule has 2 aromatic heterocycles. The standard InChI is InChI=1S/C16H19N7O3/c17-11-3-1-2-4-12(11)23(18)26-16-14-15(19-8-20-16)22(9-21-14)13-6-5-10(7-24)25-13/h1-4,8-10,13,24H,5-7,17-18H2/t10-,13?/m0/s1. The number of para-hydroxylation sites is 2. The smallest absolute Gasteiger partial charge is 0.279 e. The molecular formula is C16H19N7O3. The van der Waals surface area contributed by atoms with Crippen LogP contribution in [0.25, 0.3) is 11.2 Å². The van der Waals surface area contributed by atoms with Gasteiger partial charge in [0, 0.05) is 0 Å². The van der Waals surface area contributed by atoms with Crippen LogP contribution >= 0.6 is 0 Å². The summed E-state index contributed by atoms with van der Waals surface area (Å²) in [6.07, 6.45) is 4.12. The number of aromatic nitrogens is 4. The third-order valence-corrected chi connectivity index (χ3v) is 4.28. The van der Waals surface area contributed by atoms with Crippen LogP contribution in [0.2, 0.25) is 0 Å². The van der Waals surface area contributed by atoms with Gasteiger partial charge in [-0.3, -0.25) is 4.57 Å². The van der Waals surface area contributed by atoms with Crippen LogP contribution in [0.3, 0.4) is 0 Å². The lowest BCUT2D eigenvalue weighted by atomic mass is 10.2. The molecule has 1 saturated heterocycles. The third-order valence-electron chi connectivity index (χ3n) is 4.28. The Kier molecular flexibility index (Phi) is 4.29. The summed E-state index contributed by atoms with van der Waals surface area (Å²) in [5.41, 5.74) is 7.90. The van der Waals surface area contributed by atoms with E-state index >= 15 is 0 Å². The lowest BCUT2D eigenvalue weighted by molar-refractivity contribution is -0.0207. The second-order valence-electron chi connectivity index (χ2n) is 5.95. The van der Waals surface area contributed by atoms with Gasteiger partial charge in [-0.25, -0.2) is 15.8 Å². The van der Waals surface area contributed by atoms with Crippen molar-refractivity contribution in [2.24, 2.45) is 5.84 Å². The zero-order chi connectivity index (χ0) is 18.1. The van der Waals surface area contributed by atoms with Gasteiger partial charge in [-0.1, -0.05) is 12.1 Å². The van der Waals surface area contributed by atoms with E-state index in [9.17, 15) is 5.11 Å². The van der Waals surface area contributed by atoms with E-state index in [0.717, 1.165) is 18.0 Å². The SMILES string of the molecule is Nc1ccccc1N(N)Oc1ncnc2c1ncn2C1CC[C@@H](CO)O1. The number of ether oxygens (including phenoxy) is 1. The van der Waals surface area contributed by atoms with Gasteiger partial charge in [0.2, 0.25) is 0 Å². The number of hydrogen-bond donors (Lipinski definition) is 3. The molecule has 136 valence electrons. The molecular weight excluding hydrogens is 338 g/mol. The second-order valence-corrected chi connectivity index (χ2v) is 5.95. The van der Waals surface area contributed by atoms with Crippen molar-refractivity contribution in [1.29, 1.82) is 0 Å². The molecule has 0 radical (unpaired) electrons. The van der Waals surface area contributed by atoms with Crippen LogP contribution in [0.15, 0.2) is 36.9 Å². The van der Waals surface area contributed by atoms with Crippen LogP contribution in [0.1, 0.15) is 19.1 Å². The van der Waals surface area contributed by atoms with Gasteiger partial charge in [-0.2, -0.15) is 4.98 Å². The summed E-state index contributed by atoms with van der Waals surface area (Å²) >= 11 is 0. The van der Waals surface area contributed by atoms with Gasteiger partial charge in [0.05, 0.1) is 24.7 Å². The number of hydrazine groups is 1. The molecule has 1 aromatic carbocycles. The number of nitrogens with zero attached hydrogens (tertiary/aromatic N) is 5. The molecule has 1 aliphatic rings. The molecule has 26 heavy (non-hydrogen) atoms. The average molecular weight is 357 g/mol. The van der Waals surface area contributed by atoms with E-state index in [2.05, 4.69) is 15.0 Å². The van der Waals surface area contributed by atoms with Gasteiger partial charge in [0.1, 0.15) is 18.2 Å². The molecule has 3 heterocycles. The van der Waals surface area contributed by atoms with Crippen LogP contribution in [0.5, 0.6) is 5.88 Å². The Hall–Kier alpha value is -2.95. The highest BCUT2D eigenvalue weighted by Crippen LogP contribution is 2.32. The molecule has 0 bridgehead atoms. The summed E-state index contributed by atoms with van der Waals surface area (Å²) in [5, 5.41) is 10.3. The van der Waals surface area contributed by atoms with Crippen molar-refractivity contribution in [3.8, 4) is 5.88 Å². The predicted octanol–water partition coefficient (Wildman–Crippen LogP) is 0.752. The van der Waals surface area contributed by atoms with Crippen LogP contribution < -0.4 is 21.6 Å². The zero-order valence-electron chi connectivity index (χ0n) is 13.9. The normalized spacial score (nSPS) is 19.8. The quantitative estimate of drug-likeness (QED) is 0.343. The Morgan fingerprint density at radius 2 is 2.12 bits per heavy atom. The topological polar surface area (TPSA) is 138 Å². The summed E-state index contributed by atoms with van der Waals surface area (Å²) in [4.78, 5) is 18.4. The molecule has 1 unspecified atom stereocenters. The molecule has 4 rings (SSSR count). The largest absolute Gasteiger partial charge is 0.397 e. The molecule has 0 amide bonds. The Balaban J connectivity index is 1.62. The number of imidazole rings is 1. The summed E-state index contributed by atoms with van der Waals surface area (Å²) in [5.74, 6) is 6.17. The van der Waals surface area contributed by atoms with Crippen LogP contribution in [-0.2, 0) is 4.74 Å². The molecule has 1 fully saturated rings. The maximum Gasteiger partial charge on any atom is 0.279 e. The lowest BCUT2D eigenvalue weighted by Gasteiger charge is -2.19. The minimum Gasteiger partial charge on any atom is -0.397 e. The molecule has 0 spiro atoms. The fraction of sp³-hybridized carbons (Fsp3) is 0.312. The van der Waals surface area contributed by atoms with E-state index in [-0.39, 0.29) is 24.8 Å². The Morgan fingerprint density at radius 1 is 1.27 bits per heavy atom. The van der Waals surface area contributed by atoms with Gasteiger partial charge in [0.25, 0.3) is 5.88 Å². The number of aliphatic hydroxyl groups excluding tert-OH is 1. The number of fused-ring (bicyclic) bond motifs is 1. The minimum atomic E-state index is -0.237. The summed E-state index contributed by atoms with van der Waals surface area (Å²) < 4.78 is 7.59. The Labute approximate surface area is 148 Å². The van der Waals surface area contributed by atoms with E-state index < -0.39 is 0 Å². The highest BCUT2D eigenvalue weighted by Gasteiger charge is 2.28. The monoisotopic (exact) mass is 357 g/mol. The van der Waals surface area contributed by atoms with Crippen molar-refractivity contribution in [3.05, 3.63) is 36.9 Å². The van der Waals surface area contributed by atoms with E-state index in [1.807, 2.05) is 0 Å². The first kappa shape index (κ1) is 16.5. The van der Waals surface area contributed by atoms with Gasteiger partial charge >= 0.3 is 0 Å². The fourth-order valence-electron chi connectivity index (χ4n) is 2.96. The van der Waals surface area contributed by atoms with Crippen molar-refractivity contribution < 1.29 is 14.7 Å². The van der Waals surface area contributed by atoms with Crippen molar-refractivity contribution in [1.82, 2.24) is 19.5 Å². The predicted molar refractivity (Wildman–Crippen MR) is 93.7 cm³/mol. The molecule has 0 saturated carbocycles. The second kappa shape index (κ2) is 6.75. The number of hydrogen-bond acceptors (Lipinski definition) is 9. The number of rotatable bonds is 5. The summed E-state index contributed by atoms with van der Waals surface area (Å²) in [7, 11) is 0. The van der Waals surface area contributed by atoms with Gasteiger partial charge in [0.15, 0.2) is 11.2 Å². The minimum absolute atomic E-state index is 0.00684. The van der Waals surface area contributed by atoms with Crippen LogP contribution in [0, 0.1) is 0 Å². The number of nitrogens with two attached hydrogens (primary N) is 2. The first-order chi connectivity index (χ1) is 12.7. The van der Waals surface area contributed by atoms with E-state index in [4.69, 9.17) is 21.2 Å². The van der Waals surface area contributed by atoms with Gasteiger partial charge in [-0.15, -0.1) is 5.17 Å². The first-order valence-electron chi connectivity index (χ1n) is 8.18. The van der Waals surface area contributed by atoms with E-state index in [0.29, 0.717) is 22.5 Å². The zero-order valence-corrected chi connectivity index (χ0v) is 13.9. The maximum absolute atomic E-state index is 9.24. The molecule has 1 aliphatic heterocycles. The highest BCUT2D eigenvalue weighted by molar-refractivity contribution is 5.76. The lowest BCUT2D eigenvalue weighted by Crippen LogP contribution is -2.35. The van der Waals surface area contributed by atoms with Crippen molar-refractivity contribution >= 4 is 22.5 Å². The number of anilines is 2. The van der Waals surface area contributed by atoms with E-state index in [1.54, 1.807) is 35.2 Å². The maximum atomic E-state index is 9.24. The number of aliphatic hydroxyl groups is 1. The van der Waals surface area contributed by atoms with Crippen molar-refractivity contribution in [2.45, 2.75) is 25.2 Å². The van der Waals surface area contributed by atoms with Gasteiger partial charge < -0.3 is 20.4 Å². The van der Waals surface area contributed by atoms with Crippen LogP contribution in [0.4, 0.5) is 11.4 Å². The van der Waals surface area contributed by atoms with Crippen LogP contribution in [-0.4, -0.2) is 37.3 Å². The molecule has 3 aromatic rings. The molecule has 5 N–H and O–H groups in total. The summed E-state index contributed by atoms with van der Waals surface area (Å²) in [6, 6.07) is 7.05. The Bertz CT molecular complexity index is 916. The van der Waals surface area contributed by atoms with Crippen molar-refractivity contribution in [2.75, 3.05) is 17.5 Å². The summed E-state index contributed by atoms with van der Waals surface area (Å²) in [6.45, 7) is -0.00684. The van der Waals surface area contributed by atoms with E-state index in [1.165, 1.54) is 6.33 Å². The fourth-order valence-corrected chi connectivity index (χ4v) is 2.96. The number of benzene rings is 1. The first-order valence-corrected chi connectivity index (χ1v) is 8.18. The number of nitrogen functional groups attached to an aromatic ring is 1. The average Bonchev–Trinajstić information content (AvgIpc) is 3.29. The molecule has 2 atom stereocenters.